The zero-order chi connectivity index (χ0) is 19.2. The Balaban J connectivity index is 1.39. The van der Waals surface area contributed by atoms with Crippen LogP contribution in [0.4, 0.5) is 4.79 Å². The molecule has 1 saturated heterocycles. The van der Waals surface area contributed by atoms with E-state index >= 15 is 0 Å². The summed E-state index contributed by atoms with van der Waals surface area (Å²) in [6.45, 7) is 4.69. The van der Waals surface area contributed by atoms with Gasteiger partial charge in [0, 0.05) is 49.7 Å². The van der Waals surface area contributed by atoms with Crippen molar-refractivity contribution >= 4 is 39.2 Å². The van der Waals surface area contributed by atoms with Gasteiger partial charge in [0.05, 0.1) is 3.79 Å². The summed E-state index contributed by atoms with van der Waals surface area (Å²) in [7, 11) is 0. The summed E-state index contributed by atoms with van der Waals surface area (Å²) in [6, 6.07) is 11.4. The van der Waals surface area contributed by atoms with Crippen molar-refractivity contribution in [1.29, 1.82) is 0 Å². The molecule has 2 heterocycles. The first-order valence-corrected chi connectivity index (χ1v) is 10.5. The molecule has 1 aliphatic heterocycles. The van der Waals surface area contributed by atoms with Crippen LogP contribution < -0.4 is 11.1 Å². The SMILES string of the molecule is NC(=O)c1cccc(CCNC(=O)N2CCN(Cc3ccc(Br)s3)CC2)c1. The summed E-state index contributed by atoms with van der Waals surface area (Å²) in [6.07, 6.45) is 0.667. The lowest BCUT2D eigenvalue weighted by Gasteiger charge is -2.34. The zero-order valence-corrected chi connectivity index (χ0v) is 17.4. The van der Waals surface area contributed by atoms with Crippen LogP contribution in [0.3, 0.4) is 0 Å². The lowest BCUT2D eigenvalue weighted by Crippen LogP contribution is -2.51. The molecule has 0 spiro atoms. The summed E-state index contributed by atoms with van der Waals surface area (Å²) in [4.78, 5) is 29.1. The number of piperazine rings is 1. The smallest absolute Gasteiger partial charge is 0.317 e. The van der Waals surface area contributed by atoms with Crippen molar-refractivity contribution in [3.8, 4) is 0 Å². The number of rotatable bonds is 6. The molecule has 1 aromatic heterocycles. The van der Waals surface area contributed by atoms with Crippen molar-refractivity contribution in [2.75, 3.05) is 32.7 Å². The number of thiophene rings is 1. The van der Waals surface area contributed by atoms with Crippen LogP contribution in [0.5, 0.6) is 0 Å². The van der Waals surface area contributed by atoms with Gasteiger partial charge in [-0.15, -0.1) is 11.3 Å². The fourth-order valence-electron chi connectivity index (χ4n) is 3.07. The Bertz CT molecular complexity index is 803. The fraction of sp³-hybridized carbons (Fsp3) is 0.368. The van der Waals surface area contributed by atoms with Crippen LogP contribution in [0.1, 0.15) is 20.8 Å². The number of amides is 3. The van der Waals surface area contributed by atoms with Crippen molar-refractivity contribution < 1.29 is 9.59 Å². The van der Waals surface area contributed by atoms with Gasteiger partial charge in [-0.3, -0.25) is 9.69 Å². The van der Waals surface area contributed by atoms with Gasteiger partial charge >= 0.3 is 6.03 Å². The molecule has 0 bridgehead atoms. The van der Waals surface area contributed by atoms with Crippen LogP contribution in [0, 0.1) is 0 Å². The van der Waals surface area contributed by atoms with E-state index in [-0.39, 0.29) is 6.03 Å². The number of benzene rings is 1. The molecular formula is C19H23BrN4O2S. The quantitative estimate of drug-likeness (QED) is 0.709. The largest absolute Gasteiger partial charge is 0.366 e. The van der Waals surface area contributed by atoms with E-state index in [9.17, 15) is 9.59 Å². The number of hydrogen-bond donors (Lipinski definition) is 2. The number of primary amides is 1. The molecule has 144 valence electrons. The molecule has 0 radical (unpaired) electrons. The number of hydrogen-bond acceptors (Lipinski definition) is 4. The number of urea groups is 1. The zero-order valence-electron chi connectivity index (χ0n) is 15.0. The van der Waals surface area contributed by atoms with Crippen LogP contribution in [-0.2, 0) is 13.0 Å². The highest BCUT2D eigenvalue weighted by Gasteiger charge is 2.21. The van der Waals surface area contributed by atoms with Crippen LogP contribution in [0.15, 0.2) is 40.2 Å². The van der Waals surface area contributed by atoms with E-state index < -0.39 is 5.91 Å². The second kappa shape index (κ2) is 9.34. The van der Waals surface area contributed by atoms with Gasteiger partial charge in [-0.05, 0) is 52.2 Å². The van der Waals surface area contributed by atoms with Gasteiger partial charge in [0.15, 0.2) is 0 Å². The Morgan fingerprint density at radius 1 is 1.15 bits per heavy atom. The van der Waals surface area contributed by atoms with Crippen molar-refractivity contribution in [2.24, 2.45) is 5.73 Å². The van der Waals surface area contributed by atoms with Gasteiger partial charge in [-0.25, -0.2) is 4.79 Å². The lowest BCUT2D eigenvalue weighted by molar-refractivity contribution is 0.1000. The number of nitrogens with zero attached hydrogens (tertiary/aromatic N) is 2. The van der Waals surface area contributed by atoms with E-state index in [1.807, 2.05) is 17.0 Å². The highest BCUT2D eigenvalue weighted by molar-refractivity contribution is 9.11. The van der Waals surface area contributed by atoms with Gasteiger partial charge in [0.25, 0.3) is 0 Å². The number of carbonyl (C=O) groups excluding carboxylic acids is 2. The third-order valence-corrected chi connectivity index (χ3v) is 6.18. The number of nitrogens with one attached hydrogen (secondary N) is 1. The van der Waals surface area contributed by atoms with Crippen LogP contribution >= 0.6 is 27.3 Å². The first kappa shape index (κ1) is 19.9. The standard InChI is InChI=1S/C19H23BrN4O2S/c20-17-5-4-16(27-17)13-23-8-10-24(11-9-23)19(26)22-7-6-14-2-1-3-15(12-14)18(21)25/h1-5,12H,6-11,13H2,(H2,21,25)(H,22,26). The van der Waals surface area contributed by atoms with Gasteiger partial charge < -0.3 is 16.0 Å². The van der Waals surface area contributed by atoms with E-state index in [0.29, 0.717) is 18.5 Å². The second-order valence-electron chi connectivity index (χ2n) is 6.52. The van der Waals surface area contributed by atoms with Gasteiger partial charge in [0.2, 0.25) is 5.91 Å². The summed E-state index contributed by atoms with van der Waals surface area (Å²) < 4.78 is 1.15. The van der Waals surface area contributed by atoms with Crippen molar-refractivity contribution in [1.82, 2.24) is 15.1 Å². The summed E-state index contributed by atoms with van der Waals surface area (Å²) in [5.74, 6) is -0.436. The number of nitrogens with two attached hydrogens (primary N) is 1. The van der Waals surface area contributed by atoms with E-state index in [1.54, 1.807) is 23.5 Å². The predicted molar refractivity (Wildman–Crippen MR) is 111 cm³/mol. The molecule has 1 fully saturated rings. The molecule has 2 aromatic rings. The maximum Gasteiger partial charge on any atom is 0.317 e. The van der Waals surface area contributed by atoms with E-state index in [4.69, 9.17) is 5.73 Å². The Labute approximate surface area is 171 Å². The van der Waals surface area contributed by atoms with Crippen LogP contribution in [-0.4, -0.2) is 54.5 Å². The van der Waals surface area contributed by atoms with E-state index in [1.165, 1.54) is 4.88 Å². The molecule has 3 rings (SSSR count). The normalized spacial score (nSPS) is 14.9. The molecule has 0 unspecified atom stereocenters. The molecule has 1 aliphatic rings. The van der Waals surface area contributed by atoms with Crippen molar-refractivity contribution in [3.05, 3.63) is 56.2 Å². The summed E-state index contributed by atoms with van der Waals surface area (Å²) >= 11 is 5.25. The van der Waals surface area contributed by atoms with E-state index in [2.05, 4.69) is 38.3 Å². The molecule has 0 saturated carbocycles. The second-order valence-corrected chi connectivity index (χ2v) is 9.06. The molecular weight excluding hydrogens is 428 g/mol. The first-order chi connectivity index (χ1) is 13.0. The van der Waals surface area contributed by atoms with E-state index in [0.717, 1.165) is 42.1 Å². The van der Waals surface area contributed by atoms with Crippen LogP contribution in [0.25, 0.3) is 0 Å². The van der Waals surface area contributed by atoms with Gasteiger partial charge in [0.1, 0.15) is 0 Å². The Kier molecular flexibility index (Phi) is 6.87. The Morgan fingerprint density at radius 2 is 1.93 bits per heavy atom. The van der Waals surface area contributed by atoms with Crippen molar-refractivity contribution in [2.45, 2.75) is 13.0 Å². The van der Waals surface area contributed by atoms with Gasteiger partial charge in [-0.1, -0.05) is 12.1 Å². The molecule has 6 nitrogen and oxygen atoms in total. The minimum atomic E-state index is -0.436. The topological polar surface area (TPSA) is 78.7 Å². The summed E-state index contributed by atoms with van der Waals surface area (Å²) in [5.41, 5.74) is 6.77. The lowest BCUT2D eigenvalue weighted by atomic mass is 10.1. The fourth-order valence-corrected chi connectivity index (χ4v) is 4.60. The van der Waals surface area contributed by atoms with Crippen molar-refractivity contribution in [3.63, 3.8) is 0 Å². The predicted octanol–water partition coefficient (Wildman–Crippen LogP) is 2.68. The molecule has 8 heteroatoms. The van der Waals surface area contributed by atoms with Crippen LogP contribution in [0.2, 0.25) is 0 Å². The highest BCUT2D eigenvalue weighted by Crippen LogP contribution is 2.23. The summed E-state index contributed by atoms with van der Waals surface area (Å²) in [5, 5.41) is 2.97. The van der Waals surface area contributed by atoms with Gasteiger partial charge in [-0.2, -0.15) is 0 Å². The Morgan fingerprint density at radius 3 is 2.59 bits per heavy atom. The minimum absolute atomic E-state index is 0.0282. The Hall–Kier alpha value is -1.90. The molecule has 0 aliphatic carbocycles. The molecule has 1 aromatic carbocycles. The average Bonchev–Trinajstić information content (AvgIpc) is 3.07. The monoisotopic (exact) mass is 450 g/mol. The maximum absolute atomic E-state index is 12.3. The molecule has 3 N–H and O–H groups in total. The maximum atomic E-state index is 12.3. The number of halogens is 1. The number of carbonyl (C=O) groups is 2. The first-order valence-electron chi connectivity index (χ1n) is 8.89. The third-order valence-electron chi connectivity index (χ3n) is 4.57. The third kappa shape index (κ3) is 5.79. The molecule has 27 heavy (non-hydrogen) atoms. The minimum Gasteiger partial charge on any atom is -0.366 e. The molecule has 3 amide bonds. The molecule has 0 atom stereocenters. The average molecular weight is 451 g/mol. The highest BCUT2D eigenvalue weighted by atomic mass is 79.9.